The first-order valence-electron chi connectivity index (χ1n) is 8.37. The molecule has 6 heteroatoms. The maximum absolute atomic E-state index is 13.4. The van der Waals surface area contributed by atoms with Crippen LogP contribution in [-0.4, -0.2) is 18.0 Å². The maximum atomic E-state index is 13.4. The number of hydrogen-bond donors (Lipinski definition) is 0. The Hall–Kier alpha value is -2.89. The number of carbonyl (C=O) groups is 2. The first-order chi connectivity index (χ1) is 12.5. The quantitative estimate of drug-likeness (QED) is 0.519. The molecular formula is C20H21FO5. The molecule has 0 fully saturated rings. The van der Waals surface area contributed by atoms with Crippen molar-refractivity contribution in [3.63, 3.8) is 0 Å². The van der Waals surface area contributed by atoms with Crippen molar-refractivity contribution in [3.8, 4) is 17.2 Å². The smallest absolute Gasteiger partial charge is 0.311 e. The zero-order valence-corrected chi connectivity index (χ0v) is 14.7. The molecule has 2 rings (SSSR count). The molecule has 2 aromatic rings. The third-order valence-electron chi connectivity index (χ3n) is 3.26. The summed E-state index contributed by atoms with van der Waals surface area (Å²) in [5.41, 5.74) is 0. The molecule has 0 saturated heterocycles. The summed E-state index contributed by atoms with van der Waals surface area (Å²) in [6.45, 7) is 3.75. The second kappa shape index (κ2) is 9.56. The van der Waals surface area contributed by atoms with E-state index in [1.165, 1.54) is 18.2 Å². The number of halogens is 1. The standard InChI is InChI=1S/C20H21FO5/c1-14(2)24-17-10-5-6-11-18(17)26-20(23)13-7-12-19(22)25-16-9-4-3-8-15(16)21/h3-6,8-11,14H,7,12-13H2,1-2H3. The van der Waals surface area contributed by atoms with Gasteiger partial charge in [-0.05, 0) is 44.5 Å². The Bertz CT molecular complexity index is 757. The second-order valence-corrected chi connectivity index (χ2v) is 5.85. The Balaban J connectivity index is 1.79. The van der Waals surface area contributed by atoms with Gasteiger partial charge in [0.15, 0.2) is 23.1 Å². The average molecular weight is 360 g/mol. The number of ether oxygens (including phenoxy) is 3. The summed E-state index contributed by atoms with van der Waals surface area (Å²) < 4.78 is 29.2. The molecule has 0 unspecified atom stereocenters. The fourth-order valence-corrected chi connectivity index (χ4v) is 2.14. The van der Waals surface area contributed by atoms with Crippen molar-refractivity contribution in [3.05, 3.63) is 54.3 Å². The first kappa shape index (κ1) is 19.4. The van der Waals surface area contributed by atoms with Crippen LogP contribution in [0.15, 0.2) is 48.5 Å². The van der Waals surface area contributed by atoms with Crippen molar-refractivity contribution >= 4 is 11.9 Å². The number of benzene rings is 2. The molecule has 2 aromatic carbocycles. The van der Waals surface area contributed by atoms with Gasteiger partial charge in [0.2, 0.25) is 0 Å². The molecule has 0 atom stereocenters. The minimum Gasteiger partial charge on any atom is -0.487 e. The van der Waals surface area contributed by atoms with Crippen LogP contribution in [0, 0.1) is 5.82 Å². The van der Waals surface area contributed by atoms with E-state index in [2.05, 4.69) is 0 Å². The van der Waals surface area contributed by atoms with Gasteiger partial charge < -0.3 is 14.2 Å². The summed E-state index contributed by atoms with van der Waals surface area (Å²) in [5.74, 6) is -1.01. The number of carbonyl (C=O) groups excluding carboxylic acids is 2. The van der Waals surface area contributed by atoms with E-state index < -0.39 is 17.8 Å². The van der Waals surface area contributed by atoms with Gasteiger partial charge in [-0.15, -0.1) is 0 Å². The van der Waals surface area contributed by atoms with Crippen molar-refractivity contribution in [2.45, 2.75) is 39.2 Å². The van der Waals surface area contributed by atoms with E-state index in [4.69, 9.17) is 14.2 Å². The molecule has 26 heavy (non-hydrogen) atoms. The Labute approximate surface area is 151 Å². The van der Waals surface area contributed by atoms with Crippen LogP contribution >= 0.6 is 0 Å². The highest BCUT2D eigenvalue weighted by molar-refractivity contribution is 5.75. The molecule has 0 spiro atoms. The predicted octanol–water partition coefficient (Wildman–Crippen LogP) is 4.29. The van der Waals surface area contributed by atoms with E-state index in [-0.39, 0.29) is 31.1 Å². The average Bonchev–Trinajstić information content (AvgIpc) is 2.58. The third-order valence-corrected chi connectivity index (χ3v) is 3.26. The number of hydrogen-bond acceptors (Lipinski definition) is 5. The lowest BCUT2D eigenvalue weighted by Crippen LogP contribution is -2.13. The molecule has 0 saturated carbocycles. The Morgan fingerprint density at radius 3 is 1.92 bits per heavy atom. The maximum Gasteiger partial charge on any atom is 0.311 e. The van der Waals surface area contributed by atoms with Crippen LogP contribution in [0.3, 0.4) is 0 Å². The van der Waals surface area contributed by atoms with E-state index in [0.29, 0.717) is 11.5 Å². The van der Waals surface area contributed by atoms with Gasteiger partial charge in [-0.3, -0.25) is 9.59 Å². The van der Waals surface area contributed by atoms with Crippen LogP contribution in [0.5, 0.6) is 17.2 Å². The Morgan fingerprint density at radius 2 is 1.35 bits per heavy atom. The zero-order chi connectivity index (χ0) is 18.9. The summed E-state index contributed by atoms with van der Waals surface area (Å²) in [4.78, 5) is 23.7. The van der Waals surface area contributed by atoms with Crippen molar-refractivity contribution < 1.29 is 28.2 Å². The van der Waals surface area contributed by atoms with Gasteiger partial charge in [0.25, 0.3) is 0 Å². The first-order valence-corrected chi connectivity index (χ1v) is 8.37. The van der Waals surface area contributed by atoms with Crippen LogP contribution < -0.4 is 14.2 Å². The van der Waals surface area contributed by atoms with Crippen molar-refractivity contribution in [1.82, 2.24) is 0 Å². The highest BCUT2D eigenvalue weighted by Gasteiger charge is 2.13. The van der Waals surface area contributed by atoms with E-state index in [0.717, 1.165) is 0 Å². The van der Waals surface area contributed by atoms with E-state index >= 15 is 0 Å². The SMILES string of the molecule is CC(C)Oc1ccccc1OC(=O)CCCC(=O)Oc1ccccc1F. The molecule has 5 nitrogen and oxygen atoms in total. The number of esters is 2. The lowest BCUT2D eigenvalue weighted by molar-refractivity contribution is -0.136. The molecule has 138 valence electrons. The largest absolute Gasteiger partial charge is 0.487 e. The highest BCUT2D eigenvalue weighted by Crippen LogP contribution is 2.28. The van der Waals surface area contributed by atoms with E-state index in [9.17, 15) is 14.0 Å². The minimum absolute atomic E-state index is 0.0203. The second-order valence-electron chi connectivity index (χ2n) is 5.85. The fourth-order valence-electron chi connectivity index (χ4n) is 2.14. The van der Waals surface area contributed by atoms with Crippen LogP contribution in [0.1, 0.15) is 33.1 Å². The predicted molar refractivity (Wildman–Crippen MR) is 93.7 cm³/mol. The molecule has 0 aliphatic carbocycles. The summed E-state index contributed by atoms with van der Waals surface area (Å²) in [6.07, 6.45) is 0.193. The molecule has 0 heterocycles. The minimum atomic E-state index is -0.609. The van der Waals surface area contributed by atoms with Gasteiger partial charge >= 0.3 is 11.9 Å². The molecular weight excluding hydrogens is 339 g/mol. The molecule has 0 N–H and O–H groups in total. The normalized spacial score (nSPS) is 10.5. The number of para-hydroxylation sites is 3. The van der Waals surface area contributed by atoms with Crippen LogP contribution in [0.25, 0.3) is 0 Å². The van der Waals surface area contributed by atoms with Crippen molar-refractivity contribution in [2.75, 3.05) is 0 Å². The van der Waals surface area contributed by atoms with Gasteiger partial charge in [0.1, 0.15) is 0 Å². The number of rotatable bonds is 8. The lowest BCUT2D eigenvalue weighted by Gasteiger charge is -2.13. The monoisotopic (exact) mass is 360 g/mol. The topological polar surface area (TPSA) is 61.8 Å². The molecule has 0 amide bonds. The molecule has 0 bridgehead atoms. The Morgan fingerprint density at radius 1 is 0.846 bits per heavy atom. The van der Waals surface area contributed by atoms with Crippen LogP contribution in [-0.2, 0) is 9.59 Å². The summed E-state index contributed by atoms with van der Waals surface area (Å²) >= 11 is 0. The molecule has 0 aliphatic heterocycles. The summed E-state index contributed by atoms with van der Waals surface area (Å²) in [5, 5.41) is 0. The summed E-state index contributed by atoms with van der Waals surface area (Å²) in [6, 6.07) is 12.5. The molecule has 0 aromatic heterocycles. The van der Waals surface area contributed by atoms with Crippen LogP contribution in [0.4, 0.5) is 4.39 Å². The molecule has 0 aliphatic rings. The highest BCUT2D eigenvalue weighted by atomic mass is 19.1. The van der Waals surface area contributed by atoms with Crippen molar-refractivity contribution in [2.24, 2.45) is 0 Å². The third kappa shape index (κ3) is 6.20. The lowest BCUT2D eigenvalue weighted by atomic mass is 10.2. The van der Waals surface area contributed by atoms with E-state index in [1.807, 2.05) is 13.8 Å². The van der Waals surface area contributed by atoms with Crippen molar-refractivity contribution in [1.29, 1.82) is 0 Å². The van der Waals surface area contributed by atoms with Gasteiger partial charge in [-0.25, -0.2) is 4.39 Å². The van der Waals surface area contributed by atoms with E-state index in [1.54, 1.807) is 30.3 Å². The van der Waals surface area contributed by atoms with Gasteiger partial charge in [0.05, 0.1) is 6.10 Å². The van der Waals surface area contributed by atoms with Gasteiger partial charge in [-0.1, -0.05) is 24.3 Å². The van der Waals surface area contributed by atoms with Crippen LogP contribution in [0.2, 0.25) is 0 Å². The zero-order valence-electron chi connectivity index (χ0n) is 14.7. The molecule has 0 radical (unpaired) electrons. The van der Waals surface area contributed by atoms with Gasteiger partial charge in [-0.2, -0.15) is 0 Å². The fraction of sp³-hybridized carbons (Fsp3) is 0.300. The van der Waals surface area contributed by atoms with Gasteiger partial charge in [0, 0.05) is 12.8 Å². The summed E-state index contributed by atoms with van der Waals surface area (Å²) in [7, 11) is 0. The Kier molecular flexibility index (Phi) is 7.14.